The molecule has 1 N–H and O–H groups in total. The van der Waals surface area contributed by atoms with E-state index < -0.39 is 23.3 Å². The summed E-state index contributed by atoms with van der Waals surface area (Å²) in [5, 5.41) is 10.5. The molecule has 1 saturated carbocycles. The number of allylic oxidation sites excluding steroid dienone is 1. The van der Waals surface area contributed by atoms with Crippen LogP contribution in [0.1, 0.15) is 47.0 Å². The van der Waals surface area contributed by atoms with E-state index in [9.17, 15) is 14.7 Å². The summed E-state index contributed by atoms with van der Waals surface area (Å²) >= 11 is 0. The minimum atomic E-state index is -2.21. The molecule has 0 aromatic heterocycles. The second kappa shape index (κ2) is 4.09. The first-order valence-electron chi connectivity index (χ1n) is 7.44. The first-order valence-corrected chi connectivity index (χ1v) is 7.44. The lowest BCUT2D eigenvalue weighted by atomic mass is 9.48. The summed E-state index contributed by atoms with van der Waals surface area (Å²) < 4.78 is 10.1. The first kappa shape index (κ1) is 14.6. The summed E-state index contributed by atoms with van der Waals surface area (Å²) in [6.07, 6.45) is 4.03. The SMILES string of the molecule is CC1(C)OC(=O)C(O)(CC2=CC[C@H]3C[C@@H]2C3(C)C)C(=O)O1. The maximum atomic E-state index is 12.1. The average Bonchev–Trinajstić information content (AvgIpc) is 2.35. The van der Waals surface area contributed by atoms with E-state index in [0.717, 1.165) is 18.4 Å². The van der Waals surface area contributed by atoms with Crippen LogP contribution in [0.15, 0.2) is 11.6 Å². The van der Waals surface area contributed by atoms with E-state index in [1.807, 2.05) is 0 Å². The van der Waals surface area contributed by atoms with Crippen molar-refractivity contribution in [2.45, 2.75) is 58.3 Å². The second-order valence-corrected chi connectivity index (χ2v) is 7.54. The number of ether oxygens (including phenoxy) is 2. The monoisotopic (exact) mass is 294 g/mol. The lowest BCUT2D eigenvalue weighted by Gasteiger charge is -2.57. The Morgan fingerprint density at radius 3 is 2.24 bits per heavy atom. The molecule has 2 fully saturated rings. The molecule has 116 valence electrons. The highest BCUT2D eigenvalue weighted by Gasteiger charge is 2.59. The summed E-state index contributed by atoms with van der Waals surface area (Å²) in [7, 11) is 0. The third-order valence-corrected chi connectivity index (χ3v) is 5.39. The minimum Gasteiger partial charge on any atom is -0.421 e. The summed E-state index contributed by atoms with van der Waals surface area (Å²) in [5.74, 6) is -2.17. The molecular formula is C16H22O5. The molecule has 21 heavy (non-hydrogen) atoms. The lowest BCUT2D eigenvalue weighted by Crippen LogP contribution is -2.60. The van der Waals surface area contributed by atoms with Crippen LogP contribution in [0.2, 0.25) is 0 Å². The van der Waals surface area contributed by atoms with Crippen LogP contribution in [-0.4, -0.2) is 28.4 Å². The highest BCUT2D eigenvalue weighted by molar-refractivity contribution is 6.05. The Hall–Kier alpha value is -1.36. The molecule has 1 aliphatic heterocycles. The van der Waals surface area contributed by atoms with Gasteiger partial charge >= 0.3 is 11.9 Å². The summed E-state index contributed by atoms with van der Waals surface area (Å²) in [6.45, 7) is 7.34. The van der Waals surface area contributed by atoms with Crippen molar-refractivity contribution < 1.29 is 24.2 Å². The van der Waals surface area contributed by atoms with Gasteiger partial charge < -0.3 is 14.6 Å². The molecule has 5 heteroatoms. The molecule has 2 bridgehead atoms. The highest BCUT2D eigenvalue weighted by atomic mass is 16.8. The van der Waals surface area contributed by atoms with Crippen molar-refractivity contribution in [3.05, 3.63) is 11.6 Å². The van der Waals surface area contributed by atoms with Crippen molar-refractivity contribution in [2.75, 3.05) is 0 Å². The zero-order valence-electron chi connectivity index (χ0n) is 12.9. The Kier molecular flexibility index (Phi) is 2.84. The molecule has 0 unspecified atom stereocenters. The van der Waals surface area contributed by atoms with E-state index in [0.29, 0.717) is 11.8 Å². The number of esters is 2. The van der Waals surface area contributed by atoms with E-state index >= 15 is 0 Å². The number of rotatable bonds is 2. The maximum absolute atomic E-state index is 12.1. The molecular weight excluding hydrogens is 272 g/mol. The molecule has 3 aliphatic carbocycles. The number of carbonyl (C=O) groups excluding carboxylic acids is 2. The number of carbonyl (C=O) groups is 2. The van der Waals surface area contributed by atoms with Gasteiger partial charge in [-0.05, 0) is 30.1 Å². The molecule has 0 spiro atoms. The molecule has 0 aromatic carbocycles. The van der Waals surface area contributed by atoms with Crippen molar-refractivity contribution in [1.29, 1.82) is 0 Å². The van der Waals surface area contributed by atoms with E-state index in [4.69, 9.17) is 9.47 Å². The van der Waals surface area contributed by atoms with Crippen LogP contribution in [0, 0.1) is 17.3 Å². The fraction of sp³-hybridized carbons (Fsp3) is 0.750. The van der Waals surface area contributed by atoms with Crippen molar-refractivity contribution in [1.82, 2.24) is 0 Å². The predicted octanol–water partition coefficient (Wildman–Crippen LogP) is 1.94. The van der Waals surface area contributed by atoms with Gasteiger partial charge in [0.25, 0.3) is 11.4 Å². The van der Waals surface area contributed by atoms with Crippen LogP contribution < -0.4 is 0 Å². The molecule has 1 heterocycles. The standard InChI is InChI=1S/C16H22O5/c1-14(2)10-6-5-9(11(14)7-10)8-16(19)12(17)20-15(3,4)21-13(16)18/h5,10-11,19H,6-8H2,1-4H3/t10-,11-/m0/s1. The fourth-order valence-electron chi connectivity index (χ4n) is 3.84. The van der Waals surface area contributed by atoms with Crippen LogP contribution in [-0.2, 0) is 19.1 Å². The van der Waals surface area contributed by atoms with Crippen LogP contribution in [0.25, 0.3) is 0 Å². The van der Waals surface area contributed by atoms with Crippen LogP contribution in [0.4, 0.5) is 0 Å². The highest BCUT2D eigenvalue weighted by Crippen LogP contribution is 2.60. The maximum Gasteiger partial charge on any atom is 0.353 e. The number of hydrogen-bond donors (Lipinski definition) is 1. The number of fused-ring (bicyclic) bond motifs is 1. The fourth-order valence-corrected chi connectivity index (χ4v) is 3.84. The summed E-state index contributed by atoms with van der Waals surface area (Å²) in [4.78, 5) is 24.2. The number of hydrogen-bond acceptors (Lipinski definition) is 5. The Morgan fingerprint density at radius 1 is 1.19 bits per heavy atom. The van der Waals surface area contributed by atoms with Gasteiger partial charge in [-0.1, -0.05) is 25.5 Å². The molecule has 5 nitrogen and oxygen atoms in total. The van der Waals surface area contributed by atoms with E-state index in [1.54, 1.807) is 0 Å². The third kappa shape index (κ3) is 2.01. The van der Waals surface area contributed by atoms with E-state index in [2.05, 4.69) is 19.9 Å². The molecule has 2 atom stereocenters. The van der Waals surface area contributed by atoms with Crippen molar-refractivity contribution >= 4 is 11.9 Å². The van der Waals surface area contributed by atoms with E-state index in [1.165, 1.54) is 13.8 Å². The van der Waals surface area contributed by atoms with Gasteiger partial charge in [0, 0.05) is 20.3 Å². The largest absolute Gasteiger partial charge is 0.421 e. The number of aliphatic hydroxyl groups is 1. The lowest BCUT2D eigenvalue weighted by molar-refractivity contribution is -0.260. The van der Waals surface area contributed by atoms with E-state index in [-0.39, 0.29) is 11.8 Å². The van der Waals surface area contributed by atoms with Gasteiger partial charge in [0.2, 0.25) is 0 Å². The predicted molar refractivity (Wildman–Crippen MR) is 73.9 cm³/mol. The smallest absolute Gasteiger partial charge is 0.353 e. The van der Waals surface area contributed by atoms with Gasteiger partial charge in [-0.15, -0.1) is 0 Å². The van der Waals surface area contributed by atoms with Gasteiger partial charge in [-0.3, -0.25) is 0 Å². The zero-order chi connectivity index (χ0) is 15.6. The van der Waals surface area contributed by atoms with Crippen LogP contribution >= 0.6 is 0 Å². The Labute approximate surface area is 124 Å². The molecule has 0 aromatic rings. The topological polar surface area (TPSA) is 72.8 Å². The molecule has 1 saturated heterocycles. The quantitative estimate of drug-likeness (QED) is 0.478. The normalized spacial score (nSPS) is 35.2. The molecule has 0 amide bonds. The van der Waals surface area contributed by atoms with Gasteiger partial charge in [-0.2, -0.15) is 0 Å². The zero-order valence-corrected chi connectivity index (χ0v) is 12.9. The van der Waals surface area contributed by atoms with Crippen LogP contribution in [0.5, 0.6) is 0 Å². The van der Waals surface area contributed by atoms with Gasteiger partial charge in [0.15, 0.2) is 0 Å². The van der Waals surface area contributed by atoms with Crippen molar-refractivity contribution in [3.63, 3.8) is 0 Å². The molecule has 4 aliphatic rings. The minimum absolute atomic E-state index is 0.0262. The summed E-state index contributed by atoms with van der Waals surface area (Å²) in [5.41, 5.74) is -1.07. The number of cyclic esters (lactones) is 2. The Morgan fingerprint density at radius 2 is 1.76 bits per heavy atom. The second-order valence-electron chi connectivity index (χ2n) is 7.54. The molecule has 4 rings (SSSR count). The van der Waals surface area contributed by atoms with Crippen LogP contribution in [0.3, 0.4) is 0 Å². The Bertz CT molecular complexity index is 523. The van der Waals surface area contributed by atoms with Gasteiger partial charge in [0.05, 0.1) is 0 Å². The summed E-state index contributed by atoms with van der Waals surface area (Å²) in [6, 6.07) is 0. The Balaban J connectivity index is 1.83. The van der Waals surface area contributed by atoms with Gasteiger partial charge in [-0.25, -0.2) is 9.59 Å². The van der Waals surface area contributed by atoms with Gasteiger partial charge in [0.1, 0.15) is 0 Å². The molecule has 0 radical (unpaired) electrons. The van der Waals surface area contributed by atoms with Crippen molar-refractivity contribution in [3.8, 4) is 0 Å². The van der Waals surface area contributed by atoms with Crippen molar-refractivity contribution in [2.24, 2.45) is 17.3 Å². The third-order valence-electron chi connectivity index (χ3n) is 5.39. The average molecular weight is 294 g/mol. The first-order chi connectivity index (χ1) is 9.56.